The third-order valence-electron chi connectivity index (χ3n) is 3.83. The van der Waals surface area contributed by atoms with Crippen LogP contribution in [0, 0.1) is 5.82 Å². The molecule has 2 saturated heterocycles. The highest BCUT2D eigenvalue weighted by atomic mass is 19.1. The van der Waals surface area contributed by atoms with Gasteiger partial charge in [-0.1, -0.05) is 18.2 Å². The van der Waals surface area contributed by atoms with Gasteiger partial charge in [-0.3, -0.25) is 4.79 Å². The van der Waals surface area contributed by atoms with E-state index in [0.717, 1.165) is 6.54 Å². The predicted octanol–water partition coefficient (Wildman–Crippen LogP) is 0.714. The maximum atomic E-state index is 13.8. The molecule has 0 spiro atoms. The number of ether oxygens (including phenoxy) is 2. The topological polar surface area (TPSA) is 50.8 Å². The maximum Gasteiger partial charge on any atom is 0.253 e. The monoisotopic (exact) mass is 294 g/mol. The Morgan fingerprint density at radius 3 is 2.90 bits per heavy atom. The van der Waals surface area contributed by atoms with Crippen molar-refractivity contribution >= 4 is 5.91 Å². The molecular formula is C15H19FN2O3. The largest absolute Gasteiger partial charge is 0.370 e. The molecule has 0 radical (unpaired) electrons. The van der Waals surface area contributed by atoms with Crippen LogP contribution in [0.3, 0.4) is 0 Å². The fraction of sp³-hybridized carbons (Fsp3) is 0.533. The average Bonchev–Trinajstić information content (AvgIpc) is 2.55. The van der Waals surface area contributed by atoms with Gasteiger partial charge >= 0.3 is 0 Å². The summed E-state index contributed by atoms with van der Waals surface area (Å²) in [5, 5.41) is 3.14. The number of nitrogens with one attached hydrogen (secondary N) is 1. The summed E-state index contributed by atoms with van der Waals surface area (Å²) < 4.78 is 25.0. The highest BCUT2D eigenvalue weighted by molar-refractivity contribution is 5.81. The third-order valence-corrected chi connectivity index (χ3v) is 3.83. The molecule has 0 bridgehead atoms. The van der Waals surface area contributed by atoms with Gasteiger partial charge in [0.1, 0.15) is 18.0 Å². The summed E-state index contributed by atoms with van der Waals surface area (Å²) in [7, 11) is 0. The zero-order chi connectivity index (χ0) is 14.7. The zero-order valence-electron chi connectivity index (χ0n) is 11.8. The van der Waals surface area contributed by atoms with Crippen LogP contribution in [-0.4, -0.2) is 56.3 Å². The second-order valence-corrected chi connectivity index (χ2v) is 5.23. The van der Waals surface area contributed by atoms with E-state index in [1.54, 1.807) is 23.1 Å². The minimum absolute atomic E-state index is 0.0492. The van der Waals surface area contributed by atoms with Crippen LogP contribution in [0.2, 0.25) is 0 Å². The van der Waals surface area contributed by atoms with E-state index in [4.69, 9.17) is 9.47 Å². The Bertz CT molecular complexity index is 505. The summed E-state index contributed by atoms with van der Waals surface area (Å²) in [5.74, 6) is -0.348. The Morgan fingerprint density at radius 2 is 2.14 bits per heavy atom. The summed E-state index contributed by atoms with van der Waals surface area (Å²) in [4.78, 5) is 14.1. The minimum atomic E-state index is -0.446. The fourth-order valence-corrected chi connectivity index (χ4v) is 2.70. The van der Waals surface area contributed by atoms with Crippen molar-refractivity contribution in [3.8, 4) is 0 Å². The lowest BCUT2D eigenvalue weighted by atomic mass is 10.1. The van der Waals surface area contributed by atoms with E-state index in [1.165, 1.54) is 6.07 Å². The molecule has 3 rings (SSSR count). The number of amides is 1. The van der Waals surface area contributed by atoms with Gasteiger partial charge in [0.25, 0.3) is 5.91 Å². The second-order valence-electron chi connectivity index (χ2n) is 5.23. The van der Waals surface area contributed by atoms with E-state index in [-0.39, 0.29) is 11.7 Å². The molecule has 21 heavy (non-hydrogen) atoms. The molecule has 0 aromatic heterocycles. The fourth-order valence-electron chi connectivity index (χ4n) is 2.70. The Labute approximate surface area is 123 Å². The smallest absolute Gasteiger partial charge is 0.253 e. The summed E-state index contributed by atoms with van der Waals surface area (Å²) in [6, 6.07) is 6.53. The maximum absolute atomic E-state index is 13.8. The lowest BCUT2D eigenvalue weighted by molar-refractivity contribution is -0.152. The van der Waals surface area contributed by atoms with Crippen LogP contribution in [0.15, 0.2) is 24.3 Å². The zero-order valence-corrected chi connectivity index (χ0v) is 11.8. The van der Waals surface area contributed by atoms with Crippen LogP contribution in [0.5, 0.6) is 0 Å². The predicted molar refractivity (Wildman–Crippen MR) is 74.3 cm³/mol. The molecule has 114 valence electrons. The molecule has 1 amide bonds. The molecule has 1 aromatic rings. The lowest BCUT2D eigenvalue weighted by Crippen LogP contribution is -2.52. The lowest BCUT2D eigenvalue weighted by Gasteiger charge is -2.36. The van der Waals surface area contributed by atoms with Crippen molar-refractivity contribution in [2.24, 2.45) is 0 Å². The van der Waals surface area contributed by atoms with E-state index in [2.05, 4.69) is 5.32 Å². The summed E-state index contributed by atoms with van der Waals surface area (Å²) >= 11 is 0. The third kappa shape index (κ3) is 3.23. The summed E-state index contributed by atoms with van der Waals surface area (Å²) in [5.41, 5.74) is 0.498. The van der Waals surface area contributed by atoms with Gasteiger partial charge in [0.05, 0.1) is 19.8 Å². The van der Waals surface area contributed by atoms with Crippen molar-refractivity contribution in [3.63, 3.8) is 0 Å². The first-order valence-electron chi connectivity index (χ1n) is 7.23. The Morgan fingerprint density at radius 1 is 1.29 bits per heavy atom. The van der Waals surface area contributed by atoms with E-state index in [9.17, 15) is 9.18 Å². The van der Waals surface area contributed by atoms with Crippen molar-refractivity contribution in [1.29, 1.82) is 0 Å². The number of carbonyl (C=O) groups is 1. The minimum Gasteiger partial charge on any atom is -0.370 e. The van der Waals surface area contributed by atoms with Gasteiger partial charge < -0.3 is 19.7 Å². The van der Waals surface area contributed by atoms with Gasteiger partial charge in [-0.15, -0.1) is 0 Å². The van der Waals surface area contributed by atoms with Gasteiger partial charge in [0.2, 0.25) is 0 Å². The van der Waals surface area contributed by atoms with Gasteiger partial charge in [-0.2, -0.15) is 0 Å². The molecule has 2 heterocycles. The van der Waals surface area contributed by atoms with E-state index in [1.807, 2.05) is 0 Å². The SMILES string of the molecule is O=C([C@@H]1CNCCO1)N1CCO[C@@H](c2ccccc2F)C1. The van der Waals surface area contributed by atoms with Crippen LogP contribution in [0.4, 0.5) is 4.39 Å². The molecule has 5 nitrogen and oxygen atoms in total. The van der Waals surface area contributed by atoms with E-state index in [0.29, 0.717) is 38.4 Å². The molecule has 2 aliphatic rings. The average molecular weight is 294 g/mol. The molecule has 0 unspecified atom stereocenters. The quantitative estimate of drug-likeness (QED) is 0.873. The normalized spacial score (nSPS) is 26.6. The molecule has 6 heteroatoms. The molecule has 1 aromatic carbocycles. The Kier molecular flexibility index (Phi) is 4.48. The van der Waals surface area contributed by atoms with Crippen molar-refractivity contribution in [2.75, 3.05) is 39.4 Å². The van der Waals surface area contributed by atoms with Gasteiger partial charge in [-0.25, -0.2) is 4.39 Å². The standard InChI is InChI=1S/C15H19FN2O3/c16-12-4-2-1-3-11(12)14-10-18(6-8-21-14)15(19)13-9-17-5-7-20-13/h1-4,13-14,17H,5-10H2/t13-,14+/m0/s1. The van der Waals surface area contributed by atoms with Crippen LogP contribution in [0.1, 0.15) is 11.7 Å². The molecule has 2 aliphatic heterocycles. The first-order chi connectivity index (χ1) is 10.3. The first-order valence-corrected chi connectivity index (χ1v) is 7.23. The van der Waals surface area contributed by atoms with Crippen LogP contribution in [0.25, 0.3) is 0 Å². The number of hydrogen-bond donors (Lipinski definition) is 1. The van der Waals surface area contributed by atoms with Crippen molar-refractivity contribution in [1.82, 2.24) is 10.2 Å². The van der Waals surface area contributed by atoms with Crippen LogP contribution in [-0.2, 0) is 14.3 Å². The van der Waals surface area contributed by atoms with Crippen molar-refractivity contribution in [2.45, 2.75) is 12.2 Å². The van der Waals surface area contributed by atoms with E-state index >= 15 is 0 Å². The number of hydrogen-bond acceptors (Lipinski definition) is 4. The number of carbonyl (C=O) groups excluding carboxylic acids is 1. The highest BCUT2D eigenvalue weighted by Gasteiger charge is 2.32. The van der Waals surface area contributed by atoms with Gasteiger partial charge in [0, 0.05) is 25.2 Å². The van der Waals surface area contributed by atoms with Gasteiger partial charge in [-0.05, 0) is 6.07 Å². The summed E-state index contributed by atoms with van der Waals surface area (Å²) in [6.07, 6.45) is -0.862. The van der Waals surface area contributed by atoms with Crippen LogP contribution >= 0.6 is 0 Å². The molecule has 0 saturated carbocycles. The number of benzene rings is 1. The molecular weight excluding hydrogens is 275 g/mol. The molecule has 2 fully saturated rings. The molecule has 1 N–H and O–H groups in total. The highest BCUT2D eigenvalue weighted by Crippen LogP contribution is 2.25. The Balaban J connectivity index is 1.68. The Hall–Kier alpha value is -1.50. The van der Waals surface area contributed by atoms with E-state index < -0.39 is 12.2 Å². The number of rotatable bonds is 2. The molecule has 2 atom stereocenters. The first kappa shape index (κ1) is 14.4. The number of halogens is 1. The van der Waals surface area contributed by atoms with Crippen molar-refractivity contribution < 1.29 is 18.7 Å². The number of nitrogens with zero attached hydrogens (tertiary/aromatic N) is 1. The summed E-state index contributed by atoms with van der Waals surface area (Å²) in [6.45, 7) is 3.12. The van der Waals surface area contributed by atoms with Crippen molar-refractivity contribution in [3.05, 3.63) is 35.6 Å². The molecule has 0 aliphatic carbocycles. The van der Waals surface area contributed by atoms with Gasteiger partial charge in [0.15, 0.2) is 0 Å². The number of morpholine rings is 2. The second kappa shape index (κ2) is 6.51. The van der Waals surface area contributed by atoms with Crippen LogP contribution < -0.4 is 5.32 Å².